The van der Waals surface area contributed by atoms with Crippen molar-refractivity contribution in [2.75, 3.05) is 6.61 Å². The average Bonchev–Trinajstić information content (AvgIpc) is 2.83. The van der Waals surface area contributed by atoms with Gasteiger partial charge in [-0.3, -0.25) is 0 Å². The van der Waals surface area contributed by atoms with Crippen molar-refractivity contribution in [2.45, 2.75) is 31.2 Å². The van der Waals surface area contributed by atoms with Gasteiger partial charge in [-0.1, -0.05) is 0 Å². The minimum absolute atomic E-state index is 0.0189. The number of aliphatic hydroxyl groups is 1. The van der Waals surface area contributed by atoms with Crippen LogP contribution < -0.4 is 5.73 Å². The Kier molecular flexibility index (Phi) is 2.14. The molecular weight excluding hydrogens is 184 g/mol. The van der Waals surface area contributed by atoms with Crippen molar-refractivity contribution < 1.29 is 5.11 Å². The van der Waals surface area contributed by atoms with Crippen LogP contribution in [0.1, 0.15) is 36.3 Å². The number of hydrogen-bond acceptors (Lipinski definition) is 4. The fourth-order valence-corrected chi connectivity index (χ4v) is 2.35. The molecule has 1 heterocycles. The molecule has 1 aromatic heterocycles. The molecule has 1 atom stereocenters. The molecule has 1 unspecified atom stereocenters. The molecule has 72 valence electrons. The molecule has 4 heteroatoms. The first-order valence-electron chi connectivity index (χ1n) is 4.49. The Morgan fingerprint density at radius 2 is 2.46 bits per heavy atom. The first kappa shape index (κ1) is 9.12. The number of nitrogens with zero attached hydrogens (tertiary/aromatic N) is 1. The lowest BCUT2D eigenvalue weighted by molar-refractivity contribution is 0.211. The minimum atomic E-state index is -0.612. The molecule has 0 aliphatic heterocycles. The standard InChI is InChI=1S/C9H14N2OS/c1-9(10,4-12)8-7(6-2-3-6)11-5-13-8/h5-6,12H,2-4,10H2,1H3. The zero-order valence-electron chi connectivity index (χ0n) is 7.66. The number of hydrogen-bond donors (Lipinski definition) is 2. The third kappa shape index (κ3) is 1.61. The Balaban J connectivity index is 2.33. The van der Waals surface area contributed by atoms with Crippen molar-refractivity contribution in [3.63, 3.8) is 0 Å². The van der Waals surface area contributed by atoms with E-state index in [1.165, 1.54) is 12.8 Å². The number of rotatable bonds is 3. The second-order valence-corrected chi connectivity index (χ2v) is 4.77. The smallest absolute Gasteiger partial charge is 0.0798 e. The molecule has 0 spiro atoms. The number of nitrogens with two attached hydrogens (primary N) is 1. The van der Waals surface area contributed by atoms with Gasteiger partial charge in [0.05, 0.1) is 23.4 Å². The summed E-state index contributed by atoms with van der Waals surface area (Å²) >= 11 is 1.55. The SMILES string of the molecule is CC(N)(CO)c1scnc1C1CC1. The zero-order valence-corrected chi connectivity index (χ0v) is 8.47. The molecule has 2 rings (SSSR count). The van der Waals surface area contributed by atoms with Gasteiger partial charge in [0.2, 0.25) is 0 Å². The Hall–Kier alpha value is -0.450. The summed E-state index contributed by atoms with van der Waals surface area (Å²) in [4.78, 5) is 5.37. The van der Waals surface area contributed by atoms with Crippen molar-refractivity contribution in [1.82, 2.24) is 4.98 Å². The molecule has 3 N–H and O–H groups in total. The van der Waals surface area contributed by atoms with Gasteiger partial charge in [0, 0.05) is 10.8 Å². The van der Waals surface area contributed by atoms with E-state index in [9.17, 15) is 0 Å². The molecule has 0 saturated heterocycles. The summed E-state index contributed by atoms with van der Waals surface area (Å²) < 4.78 is 0. The van der Waals surface area contributed by atoms with Crippen LogP contribution in [-0.2, 0) is 5.54 Å². The van der Waals surface area contributed by atoms with Crippen LogP contribution in [0.15, 0.2) is 5.51 Å². The Morgan fingerprint density at radius 3 is 3.00 bits per heavy atom. The van der Waals surface area contributed by atoms with Crippen molar-refractivity contribution >= 4 is 11.3 Å². The fourth-order valence-electron chi connectivity index (χ4n) is 1.40. The summed E-state index contributed by atoms with van der Waals surface area (Å²) in [7, 11) is 0. The van der Waals surface area contributed by atoms with Crippen molar-refractivity contribution in [2.24, 2.45) is 5.73 Å². The fraction of sp³-hybridized carbons (Fsp3) is 0.667. The van der Waals surface area contributed by atoms with Gasteiger partial charge in [-0.25, -0.2) is 4.98 Å². The van der Waals surface area contributed by atoms with Crippen LogP contribution in [0.3, 0.4) is 0 Å². The van der Waals surface area contributed by atoms with Gasteiger partial charge in [-0.15, -0.1) is 11.3 Å². The summed E-state index contributed by atoms with van der Waals surface area (Å²) in [5.41, 5.74) is 8.29. The topological polar surface area (TPSA) is 59.1 Å². The van der Waals surface area contributed by atoms with Crippen LogP contribution in [0.4, 0.5) is 0 Å². The Labute approximate surface area is 81.6 Å². The van der Waals surface area contributed by atoms with Gasteiger partial charge in [0.25, 0.3) is 0 Å². The van der Waals surface area contributed by atoms with Crippen LogP contribution >= 0.6 is 11.3 Å². The van der Waals surface area contributed by atoms with Crippen LogP contribution in [0, 0.1) is 0 Å². The Bertz CT molecular complexity index is 304. The van der Waals surface area contributed by atoms with Gasteiger partial charge in [0.15, 0.2) is 0 Å². The minimum Gasteiger partial charge on any atom is -0.394 e. The molecule has 0 aromatic carbocycles. The molecule has 1 aliphatic carbocycles. The van der Waals surface area contributed by atoms with Crippen LogP contribution in [0.5, 0.6) is 0 Å². The largest absolute Gasteiger partial charge is 0.394 e. The highest BCUT2D eigenvalue weighted by Gasteiger charge is 2.34. The molecule has 1 aromatic rings. The average molecular weight is 198 g/mol. The van der Waals surface area contributed by atoms with Gasteiger partial charge in [-0.2, -0.15) is 0 Å². The summed E-state index contributed by atoms with van der Waals surface area (Å²) in [5, 5.41) is 9.15. The van der Waals surface area contributed by atoms with Crippen molar-refractivity contribution in [1.29, 1.82) is 0 Å². The molecule has 1 aliphatic rings. The number of thiazole rings is 1. The molecule has 0 amide bonds. The van der Waals surface area contributed by atoms with E-state index >= 15 is 0 Å². The molecule has 1 fully saturated rings. The van der Waals surface area contributed by atoms with E-state index in [0.29, 0.717) is 5.92 Å². The van der Waals surface area contributed by atoms with Crippen molar-refractivity contribution in [3.8, 4) is 0 Å². The van der Waals surface area contributed by atoms with Gasteiger partial charge in [-0.05, 0) is 19.8 Å². The van der Waals surface area contributed by atoms with Crippen LogP contribution in [0.25, 0.3) is 0 Å². The van der Waals surface area contributed by atoms with E-state index in [1.807, 2.05) is 12.4 Å². The second-order valence-electron chi connectivity index (χ2n) is 3.92. The molecular formula is C9H14N2OS. The van der Waals surface area contributed by atoms with Crippen LogP contribution in [-0.4, -0.2) is 16.7 Å². The predicted molar refractivity (Wildman–Crippen MR) is 52.7 cm³/mol. The van der Waals surface area contributed by atoms with Crippen LogP contribution in [0.2, 0.25) is 0 Å². The normalized spacial score (nSPS) is 21.5. The molecule has 0 radical (unpaired) electrons. The first-order chi connectivity index (χ1) is 6.15. The highest BCUT2D eigenvalue weighted by Crippen LogP contribution is 2.43. The van der Waals surface area contributed by atoms with E-state index in [-0.39, 0.29) is 6.61 Å². The maximum Gasteiger partial charge on any atom is 0.0798 e. The monoisotopic (exact) mass is 198 g/mol. The lowest BCUT2D eigenvalue weighted by atomic mass is 10.00. The quantitative estimate of drug-likeness (QED) is 0.767. The molecule has 1 saturated carbocycles. The van der Waals surface area contributed by atoms with E-state index in [1.54, 1.807) is 11.3 Å². The lowest BCUT2D eigenvalue weighted by Gasteiger charge is -2.21. The highest BCUT2D eigenvalue weighted by molar-refractivity contribution is 7.09. The molecule has 13 heavy (non-hydrogen) atoms. The Morgan fingerprint density at radius 1 is 1.77 bits per heavy atom. The number of aliphatic hydroxyl groups excluding tert-OH is 1. The lowest BCUT2D eigenvalue weighted by Crippen LogP contribution is -2.36. The summed E-state index contributed by atoms with van der Waals surface area (Å²) in [6.45, 7) is 1.83. The third-order valence-corrected chi connectivity index (χ3v) is 3.53. The summed E-state index contributed by atoms with van der Waals surface area (Å²) in [6, 6.07) is 0. The highest BCUT2D eigenvalue weighted by atomic mass is 32.1. The van der Waals surface area contributed by atoms with Gasteiger partial charge < -0.3 is 10.8 Å². The zero-order chi connectivity index (χ0) is 9.47. The maximum atomic E-state index is 9.15. The summed E-state index contributed by atoms with van der Waals surface area (Å²) in [5.74, 6) is 0.607. The van der Waals surface area contributed by atoms with E-state index in [2.05, 4.69) is 4.98 Å². The van der Waals surface area contributed by atoms with Crippen molar-refractivity contribution in [3.05, 3.63) is 16.1 Å². The first-order valence-corrected chi connectivity index (χ1v) is 5.36. The number of aromatic nitrogens is 1. The van der Waals surface area contributed by atoms with E-state index in [0.717, 1.165) is 10.6 Å². The van der Waals surface area contributed by atoms with E-state index in [4.69, 9.17) is 10.8 Å². The van der Waals surface area contributed by atoms with Gasteiger partial charge in [0.1, 0.15) is 0 Å². The van der Waals surface area contributed by atoms with E-state index < -0.39 is 5.54 Å². The molecule has 0 bridgehead atoms. The second kappa shape index (κ2) is 3.04. The summed E-state index contributed by atoms with van der Waals surface area (Å²) in [6.07, 6.45) is 2.44. The third-order valence-electron chi connectivity index (χ3n) is 2.41. The van der Waals surface area contributed by atoms with Gasteiger partial charge >= 0.3 is 0 Å². The molecule has 3 nitrogen and oxygen atoms in total. The maximum absolute atomic E-state index is 9.15. The predicted octanol–water partition coefficient (Wildman–Crippen LogP) is 1.19.